The molecule has 1 amide bonds. The highest BCUT2D eigenvalue weighted by atomic mass is 32.2. The normalized spacial score (nSPS) is 12.1. The Bertz CT molecular complexity index is 855. The second kappa shape index (κ2) is 7.61. The molecule has 0 aliphatic carbocycles. The zero-order valence-corrected chi connectivity index (χ0v) is 15.2. The van der Waals surface area contributed by atoms with Crippen molar-refractivity contribution in [3.8, 4) is 11.5 Å². The van der Waals surface area contributed by atoms with Crippen molar-refractivity contribution in [2.45, 2.75) is 37.3 Å². The lowest BCUT2D eigenvalue weighted by atomic mass is 10.2. The third-order valence-electron chi connectivity index (χ3n) is 3.87. The van der Waals surface area contributed by atoms with Crippen LogP contribution in [0, 0.1) is 6.92 Å². The van der Waals surface area contributed by atoms with Crippen LogP contribution in [0.15, 0.2) is 56.5 Å². The number of carbonyl (C=O) groups excluding carboxylic acids is 1. The molecule has 2 aromatic heterocycles. The van der Waals surface area contributed by atoms with E-state index in [1.165, 1.54) is 4.90 Å². The molecule has 0 saturated heterocycles. The number of amides is 1. The fraction of sp³-hybridized carbons (Fsp3) is 0.263. The highest BCUT2D eigenvalue weighted by molar-refractivity contribution is 7.99. The average molecular weight is 356 g/mol. The van der Waals surface area contributed by atoms with Gasteiger partial charge in [-0.05, 0) is 49.2 Å². The van der Waals surface area contributed by atoms with Gasteiger partial charge >= 0.3 is 0 Å². The number of hydrogen-bond donors (Lipinski definition) is 1. The van der Waals surface area contributed by atoms with Gasteiger partial charge in [0.1, 0.15) is 0 Å². The maximum Gasteiger partial charge on any atom is 0.277 e. The SMILES string of the molecule is CCC(C)Sc1ccc(NC(=O)c2cc(-c3ccco3)on2)c(C)c1. The summed E-state index contributed by atoms with van der Waals surface area (Å²) in [6.07, 6.45) is 2.66. The minimum Gasteiger partial charge on any atom is -0.461 e. The van der Waals surface area contributed by atoms with E-state index in [1.54, 1.807) is 24.5 Å². The Morgan fingerprint density at radius 3 is 2.80 bits per heavy atom. The van der Waals surface area contributed by atoms with Crippen LogP contribution in [0.2, 0.25) is 0 Å². The minimum absolute atomic E-state index is 0.212. The lowest BCUT2D eigenvalue weighted by molar-refractivity contribution is 0.101. The van der Waals surface area contributed by atoms with E-state index in [2.05, 4.69) is 30.4 Å². The molecule has 0 radical (unpaired) electrons. The molecular formula is C19H20N2O3S. The van der Waals surface area contributed by atoms with E-state index in [-0.39, 0.29) is 11.6 Å². The highest BCUT2D eigenvalue weighted by Gasteiger charge is 2.16. The zero-order valence-electron chi connectivity index (χ0n) is 14.4. The van der Waals surface area contributed by atoms with E-state index in [4.69, 9.17) is 8.94 Å². The molecule has 0 bridgehead atoms. The first kappa shape index (κ1) is 17.4. The zero-order chi connectivity index (χ0) is 17.8. The summed E-state index contributed by atoms with van der Waals surface area (Å²) in [6, 6.07) is 11.1. The summed E-state index contributed by atoms with van der Waals surface area (Å²) < 4.78 is 10.4. The summed E-state index contributed by atoms with van der Waals surface area (Å²) in [5, 5.41) is 7.26. The lowest BCUT2D eigenvalue weighted by Crippen LogP contribution is -2.13. The van der Waals surface area contributed by atoms with Crippen molar-refractivity contribution >= 4 is 23.4 Å². The topological polar surface area (TPSA) is 68.3 Å². The van der Waals surface area contributed by atoms with Crippen LogP contribution in [0.3, 0.4) is 0 Å². The fourth-order valence-electron chi connectivity index (χ4n) is 2.27. The van der Waals surface area contributed by atoms with Gasteiger partial charge in [-0.25, -0.2) is 0 Å². The van der Waals surface area contributed by atoms with Crippen molar-refractivity contribution in [1.82, 2.24) is 5.16 Å². The number of rotatable bonds is 6. The Hall–Kier alpha value is -2.47. The number of carbonyl (C=O) groups is 1. The van der Waals surface area contributed by atoms with E-state index >= 15 is 0 Å². The summed E-state index contributed by atoms with van der Waals surface area (Å²) >= 11 is 1.83. The van der Waals surface area contributed by atoms with Gasteiger partial charge in [-0.15, -0.1) is 11.8 Å². The molecular weight excluding hydrogens is 336 g/mol. The predicted molar refractivity (Wildman–Crippen MR) is 98.9 cm³/mol. The molecule has 5 nitrogen and oxygen atoms in total. The number of aromatic nitrogens is 1. The Morgan fingerprint density at radius 1 is 1.28 bits per heavy atom. The van der Waals surface area contributed by atoms with Gasteiger partial charge in [0.2, 0.25) is 5.76 Å². The highest BCUT2D eigenvalue weighted by Crippen LogP contribution is 2.29. The number of benzene rings is 1. The Balaban J connectivity index is 1.70. The van der Waals surface area contributed by atoms with Gasteiger partial charge in [0.05, 0.1) is 6.26 Å². The van der Waals surface area contributed by atoms with Crippen molar-refractivity contribution in [3.63, 3.8) is 0 Å². The Labute approximate surface area is 150 Å². The molecule has 0 aliphatic rings. The number of nitrogens with one attached hydrogen (secondary N) is 1. The molecule has 0 aliphatic heterocycles. The van der Waals surface area contributed by atoms with E-state index in [1.807, 2.05) is 30.8 Å². The monoisotopic (exact) mass is 356 g/mol. The smallest absolute Gasteiger partial charge is 0.277 e. The van der Waals surface area contributed by atoms with Gasteiger partial charge < -0.3 is 14.3 Å². The van der Waals surface area contributed by atoms with E-state index in [0.29, 0.717) is 16.8 Å². The van der Waals surface area contributed by atoms with E-state index in [0.717, 1.165) is 17.7 Å². The van der Waals surface area contributed by atoms with Crippen LogP contribution in [-0.2, 0) is 0 Å². The fourth-order valence-corrected chi connectivity index (χ4v) is 3.29. The molecule has 1 N–H and O–H groups in total. The molecule has 3 aromatic rings. The number of thioether (sulfide) groups is 1. The largest absolute Gasteiger partial charge is 0.461 e. The molecule has 0 spiro atoms. The summed E-state index contributed by atoms with van der Waals surface area (Å²) in [5.74, 6) is 0.647. The molecule has 130 valence electrons. The summed E-state index contributed by atoms with van der Waals surface area (Å²) in [4.78, 5) is 13.6. The van der Waals surface area contributed by atoms with Crippen LogP contribution in [-0.4, -0.2) is 16.3 Å². The molecule has 1 unspecified atom stereocenters. The van der Waals surface area contributed by atoms with Crippen molar-refractivity contribution in [3.05, 3.63) is 53.9 Å². The van der Waals surface area contributed by atoms with Crippen molar-refractivity contribution in [1.29, 1.82) is 0 Å². The molecule has 1 atom stereocenters. The maximum atomic E-state index is 12.4. The van der Waals surface area contributed by atoms with Crippen LogP contribution < -0.4 is 5.32 Å². The van der Waals surface area contributed by atoms with Gasteiger partial charge in [0.15, 0.2) is 11.5 Å². The van der Waals surface area contributed by atoms with Gasteiger partial charge in [-0.2, -0.15) is 0 Å². The Kier molecular flexibility index (Phi) is 5.28. The van der Waals surface area contributed by atoms with Gasteiger partial charge in [-0.1, -0.05) is 19.0 Å². The number of aryl methyl sites for hydroxylation is 1. The molecule has 1 aromatic carbocycles. The maximum absolute atomic E-state index is 12.4. The van der Waals surface area contributed by atoms with Crippen molar-refractivity contribution < 1.29 is 13.7 Å². The van der Waals surface area contributed by atoms with E-state index in [9.17, 15) is 4.79 Å². The van der Waals surface area contributed by atoms with Crippen molar-refractivity contribution in [2.24, 2.45) is 0 Å². The molecule has 6 heteroatoms. The minimum atomic E-state index is -0.313. The van der Waals surface area contributed by atoms with Gasteiger partial charge in [0.25, 0.3) is 5.91 Å². The first-order valence-corrected chi connectivity index (χ1v) is 9.04. The molecule has 0 fully saturated rings. The molecule has 3 rings (SSSR count). The lowest BCUT2D eigenvalue weighted by Gasteiger charge is -2.11. The molecule has 2 heterocycles. The third kappa shape index (κ3) is 4.14. The van der Waals surface area contributed by atoms with Crippen LogP contribution >= 0.6 is 11.8 Å². The number of anilines is 1. The average Bonchev–Trinajstić information content (AvgIpc) is 3.28. The van der Waals surface area contributed by atoms with Crippen LogP contribution in [0.25, 0.3) is 11.5 Å². The molecule has 0 saturated carbocycles. The number of nitrogens with zero attached hydrogens (tertiary/aromatic N) is 1. The first-order valence-electron chi connectivity index (χ1n) is 8.16. The quantitative estimate of drug-likeness (QED) is 0.600. The van der Waals surface area contributed by atoms with Crippen LogP contribution in [0.5, 0.6) is 0 Å². The Morgan fingerprint density at radius 2 is 2.12 bits per heavy atom. The summed E-state index contributed by atoms with van der Waals surface area (Å²) in [7, 11) is 0. The predicted octanol–water partition coefficient (Wildman–Crippen LogP) is 5.39. The van der Waals surface area contributed by atoms with Crippen molar-refractivity contribution in [2.75, 3.05) is 5.32 Å². The van der Waals surface area contributed by atoms with Gasteiger partial charge in [0, 0.05) is 21.9 Å². The van der Waals surface area contributed by atoms with Gasteiger partial charge in [-0.3, -0.25) is 4.79 Å². The first-order chi connectivity index (χ1) is 12.1. The van der Waals surface area contributed by atoms with Crippen LogP contribution in [0.4, 0.5) is 5.69 Å². The third-order valence-corrected chi connectivity index (χ3v) is 5.13. The number of furan rings is 1. The standard InChI is InChI=1S/C19H20N2O3S/c1-4-13(3)25-14-7-8-15(12(2)10-14)20-19(22)16-11-18(24-21-16)17-6-5-9-23-17/h5-11,13H,4H2,1-3H3,(H,20,22). The second-order valence-electron chi connectivity index (χ2n) is 5.82. The van der Waals surface area contributed by atoms with E-state index < -0.39 is 0 Å². The van der Waals surface area contributed by atoms with Crippen LogP contribution in [0.1, 0.15) is 36.3 Å². The molecule has 25 heavy (non-hydrogen) atoms. The summed E-state index contributed by atoms with van der Waals surface area (Å²) in [6.45, 7) is 6.36. The summed E-state index contributed by atoms with van der Waals surface area (Å²) in [5.41, 5.74) is 1.99. The second-order valence-corrected chi connectivity index (χ2v) is 7.33. The number of hydrogen-bond acceptors (Lipinski definition) is 5.